The fourth-order valence-electron chi connectivity index (χ4n) is 4.16. The van der Waals surface area contributed by atoms with Gasteiger partial charge in [-0.25, -0.2) is 0 Å². The molecule has 7 heteroatoms. The van der Waals surface area contributed by atoms with Crippen molar-refractivity contribution in [1.82, 2.24) is 4.90 Å². The largest absolute Gasteiger partial charge is 0.497 e. The Hall–Kier alpha value is -2.67. The molecule has 158 valence electrons. The second-order valence-electron chi connectivity index (χ2n) is 7.76. The van der Waals surface area contributed by atoms with Crippen molar-refractivity contribution in [2.45, 2.75) is 25.3 Å². The summed E-state index contributed by atoms with van der Waals surface area (Å²) in [5.74, 6) is 1.86. The Morgan fingerprint density at radius 1 is 1.13 bits per heavy atom. The van der Waals surface area contributed by atoms with Gasteiger partial charge in [0, 0.05) is 23.8 Å². The minimum absolute atomic E-state index is 0.00893. The first-order valence-electron chi connectivity index (χ1n) is 10.0. The topological polar surface area (TPSA) is 59.1 Å². The second-order valence-corrected chi connectivity index (χ2v) is 9.05. The fraction of sp³-hybridized carbons (Fsp3) is 0.391. The van der Waals surface area contributed by atoms with E-state index in [1.807, 2.05) is 56.3 Å². The van der Waals surface area contributed by atoms with E-state index in [2.05, 4.69) is 0 Å². The van der Waals surface area contributed by atoms with Crippen molar-refractivity contribution in [2.24, 2.45) is 5.92 Å². The van der Waals surface area contributed by atoms with Crippen LogP contribution in [0.1, 0.15) is 25.0 Å². The maximum Gasteiger partial charge on any atom is 0.268 e. The van der Waals surface area contributed by atoms with E-state index < -0.39 is 4.87 Å². The lowest BCUT2D eigenvalue weighted by atomic mass is 10.0. The monoisotopic (exact) mass is 426 g/mol. The molecule has 6 nitrogen and oxygen atoms in total. The molecule has 0 radical (unpaired) electrons. The van der Waals surface area contributed by atoms with Crippen LogP contribution in [0.3, 0.4) is 0 Å². The standard InChI is InChI=1S/C23H26N2O4S/c1-15(2)21(26)25-10-11-30-23(25)19-13-18(29-4)8-9-20(19)24(22(23)27)14-16-6-5-7-17(12-16)28-3/h5-9,12-13,15H,10-11,14H2,1-4H3. The average molecular weight is 427 g/mol. The SMILES string of the molecule is COc1cccc(CN2C(=O)C3(SCCN3C(=O)C(C)C)c3cc(OC)ccc32)c1. The zero-order chi connectivity index (χ0) is 21.5. The number of hydrogen-bond acceptors (Lipinski definition) is 5. The van der Waals surface area contributed by atoms with Crippen LogP contribution in [0.15, 0.2) is 42.5 Å². The molecular formula is C23H26N2O4S. The molecule has 1 saturated heterocycles. The van der Waals surface area contributed by atoms with Crippen molar-refractivity contribution in [3.05, 3.63) is 53.6 Å². The van der Waals surface area contributed by atoms with Gasteiger partial charge in [-0.1, -0.05) is 26.0 Å². The molecule has 1 fully saturated rings. The van der Waals surface area contributed by atoms with Crippen LogP contribution < -0.4 is 14.4 Å². The molecule has 0 aromatic heterocycles. The van der Waals surface area contributed by atoms with Gasteiger partial charge in [0.2, 0.25) is 5.91 Å². The van der Waals surface area contributed by atoms with E-state index in [0.717, 1.165) is 22.6 Å². The molecule has 0 aliphatic carbocycles. The first kappa shape index (κ1) is 20.6. The van der Waals surface area contributed by atoms with E-state index in [1.54, 1.807) is 24.0 Å². The predicted octanol–water partition coefficient (Wildman–Crippen LogP) is 3.63. The van der Waals surface area contributed by atoms with Crippen molar-refractivity contribution in [2.75, 3.05) is 31.4 Å². The van der Waals surface area contributed by atoms with Crippen molar-refractivity contribution >= 4 is 29.3 Å². The summed E-state index contributed by atoms with van der Waals surface area (Å²) in [7, 11) is 3.24. The van der Waals surface area contributed by atoms with Crippen LogP contribution in [0.4, 0.5) is 5.69 Å². The van der Waals surface area contributed by atoms with Gasteiger partial charge in [-0.15, -0.1) is 11.8 Å². The van der Waals surface area contributed by atoms with Gasteiger partial charge in [0.25, 0.3) is 5.91 Å². The molecule has 2 aliphatic rings. The van der Waals surface area contributed by atoms with E-state index in [9.17, 15) is 9.59 Å². The lowest BCUT2D eigenvalue weighted by molar-refractivity contribution is -0.142. The number of benzene rings is 2. The molecule has 0 N–H and O–H groups in total. The Morgan fingerprint density at radius 2 is 1.87 bits per heavy atom. The first-order valence-corrected chi connectivity index (χ1v) is 11.0. The number of hydrogen-bond donors (Lipinski definition) is 0. The van der Waals surface area contributed by atoms with E-state index in [1.165, 1.54) is 11.8 Å². The number of carbonyl (C=O) groups excluding carboxylic acids is 2. The smallest absolute Gasteiger partial charge is 0.268 e. The second kappa shape index (κ2) is 7.87. The Labute approximate surface area is 181 Å². The molecule has 2 aromatic carbocycles. The molecule has 1 atom stereocenters. The van der Waals surface area contributed by atoms with Crippen molar-refractivity contribution in [3.8, 4) is 11.5 Å². The van der Waals surface area contributed by atoms with Crippen LogP contribution in [0.25, 0.3) is 0 Å². The van der Waals surface area contributed by atoms with E-state index in [4.69, 9.17) is 9.47 Å². The Bertz CT molecular complexity index is 993. The molecule has 2 aromatic rings. The van der Waals surface area contributed by atoms with Crippen molar-refractivity contribution < 1.29 is 19.1 Å². The molecule has 0 saturated carbocycles. The predicted molar refractivity (Wildman–Crippen MR) is 118 cm³/mol. The molecule has 4 rings (SSSR count). The maximum absolute atomic E-state index is 13.9. The normalized spacial score (nSPS) is 20.2. The summed E-state index contributed by atoms with van der Waals surface area (Å²) in [6, 6.07) is 13.4. The number of nitrogens with zero attached hydrogens (tertiary/aromatic N) is 2. The third-order valence-corrected chi connectivity index (χ3v) is 7.05. The van der Waals surface area contributed by atoms with Gasteiger partial charge in [-0.05, 0) is 35.9 Å². The van der Waals surface area contributed by atoms with Crippen molar-refractivity contribution in [3.63, 3.8) is 0 Å². The van der Waals surface area contributed by atoms with Gasteiger partial charge >= 0.3 is 0 Å². The van der Waals surface area contributed by atoms with Gasteiger partial charge in [-0.2, -0.15) is 0 Å². The van der Waals surface area contributed by atoms with Crippen LogP contribution in [-0.4, -0.2) is 43.2 Å². The summed E-state index contributed by atoms with van der Waals surface area (Å²) >= 11 is 1.53. The minimum atomic E-state index is -1.04. The number of amides is 2. The minimum Gasteiger partial charge on any atom is -0.497 e. The van der Waals surface area contributed by atoms with Gasteiger partial charge in [-0.3, -0.25) is 9.59 Å². The molecule has 2 heterocycles. The number of thioether (sulfide) groups is 1. The highest BCUT2D eigenvalue weighted by molar-refractivity contribution is 8.01. The zero-order valence-electron chi connectivity index (χ0n) is 17.7. The lowest BCUT2D eigenvalue weighted by Crippen LogP contribution is -2.51. The van der Waals surface area contributed by atoms with Crippen LogP contribution in [-0.2, 0) is 21.0 Å². The zero-order valence-corrected chi connectivity index (χ0v) is 18.5. The van der Waals surface area contributed by atoms with Gasteiger partial charge in [0.1, 0.15) is 11.5 Å². The summed E-state index contributed by atoms with van der Waals surface area (Å²) < 4.78 is 10.8. The number of ether oxygens (including phenoxy) is 2. The number of fused-ring (bicyclic) bond motifs is 2. The van der Waals surface area contributed by atoms with Crippen LogP contribution in [0, 0.1) is 5.92 Å². The van der Waals surface area contributed by atoms with Gasteiger partial charge < -0.3 is 19.3 Å². The number of rotatable bonds is 5. The Balaban J connectivity index is 1.81. The number of carbonyl (C=O) groups is 2. The van der Waals surface area contributed by atoms with Crippen LogP contribution >= 0.6 is 11.8 Å². The van der Waals surface area contributed by atoms with Crippen LogP contribution in [0.5, 0.6) is 11.5 Å². The highest BCUT2D eigenvalue weighted by atomic mass is 32.2. The summed E-state index contributed by atoms with van der Waals surface area (Å²) in [6.07, 6.45) is 0. The highest BCUT2D eigenvalue weighted by Gasteiger charge is 2.59. The maximum atomic E-state index is 13.9. The fourth-order valence-corrected chi connectivity index (χ4v) is 5.62. The molecule has 1 unspecified atom stereocenters. The summed E-state index contributed by atoms with van der Waals surface area (Å²) in [4.78, 5) is 29.5. The van der Waals surface area contributed by atoms with Crippen molar-refractivity contribution in [1.29, 1.82) is 0 Å². The highest BCUT2D eigenvalue weighted by Crippen LogP contribution is 2.55. The molecule has 1 spiro atoms. The summed E-state index contributed by atoms with van der Waals surface area (Å²) in [5.41, 5.74) is 2.61. The molecule has 2 amide bonds. The van der Waals surface area contributed by atoms with E-state index >= 15 is 0 Å². The number of anilines is 1. The Morgan fingerprint density at radius 3 is 2.57 bits per heavy atom. The summed E-state index contributed by atoms with van der Waals surface area (Å²) in [6.45, 7) is 4.70. The quantitative estimate of drug-likeness (QED) is 0.731. The average Bonchev–Trinajstić information content (AvgIpc) is 3.30. The molecule has 2 aliphatic heterocycles. The molecule has 30 heavy (non-hydrogen) atoms. The summed E-state index contributed by atoms with van der Waals surface area (Å²) in [5, 5.41) is 0. The molecular weight excluding hydrogens is 400 g/mol. The lowest BCUT2D eigenvalue weighted by Gasteiger charge is -2.34. The third kappa shape index (κ3) is 3.12. The Kier molecular flexibility index (Phi) is 5.40. The molecule has 0 bridgehead atoms. The number of methoxy groups -OCH3 is 2. The first-order chi connectivity index (χ1) is 14.4. The van der Waals surface area contributed by atoms with Gasteiger partial charge in [0.15, 0.2) is 4.87 Å². The third-order valence-electron chi connectivity index (χ3n) is 5.64. The van der Waals surface area contributed by atoms with Gasteiger partial charge in [0.05, 0.1) is 26.5 Å². The van der Waals surface area contributed by atoms with E-state index in [-0.39, 0.29) is 17.7 Å². The van der Waals surface area contributed by atoms with Crippen LogP contribution in [0.2, 0.25) is 0 Å². The van der Waals surface area contributed by atoms with E-state index in [0.29, 0.717) is 24.6 Å².